The number of fused-ring (bicyclic) bond motifs is 1. The minimum absolute atomic E-state index is 0.0846. The van der Waals surface area contributed by atoms with E-state index in [0.717, 1.165) is 25.8 Å². The highest BCUT2D eigenvalue weighted by Crippen LogP contribution is 2.49. The molecule has 0 aromatic heterocycles. The second-order valence-corrected chi connectivity index (χ2v) is 9.96. The van der Waals surface area contributed by atoms with E-state index in [9.17, 15) is 4.79 Å². The number of carbonyl (C=O) groups excluding carboxylic acids is 1. The first-order valence-corrected chi connectivity index (χ1v) is 9.24. The third-order valence-corrected chi connectivity index (χ3v) is 6.25. The molecule has 4 nitrogen and oxygen atoms in total. The van der Waals surface area contributed by atoms with Crippen molar-refractivity contribution in [3.05, 3.63) is 11.5 Å². The Morgan fingerprint density at radius 2 is 1.96 bits per heavy atom. The fraction of sp³-hybridized carbons (Fsp3) is 0.842. The molecule has 0 bridgehead atoms. The van der Waals surface area contributed by atoms with Crippen molar-refractivity contribution in [2.24, 2.45) is 17.3 Å². The van der Waals surface area contributed by atoms with Gasteiger partial charge in [-0.1, -0.05) is 25.4 Å². The van der Waals surface area contributed by atoms with Crippen LogP contribution in [0.15, 0.2) is 11.5 Å². The zero-order chi connectivity index (χ0) is 17.9. The fourth-order valence-electron chi connectivity index (χ4n) is 4.13. The summed E-state index contributed by atoms with van der Waals surface area (Å²) >= 11 is 0. The molecular formula is C19H32BNO3. The van der Waals surface area contributed by atoms with Crippen molar-refractivity contribution < 1.29 is 14.2 Å². The highest BCUT2D eigenvalue weighted by Gasteiger charge is 2.52. The molecule has 5 heteroatoms. The number of hydrogen-bond acceptors (Lipinski definition) is 3. The SMILES string of the molecule is CC(C)(C)OC(=O)N1C[C@H]2CC(B3CC(C)(C)C(C)(C)O3)=C[C@H]2C1. The van der Waals surface area contributed by atoms with Gasteiger partial charge < -0.3 is 14.3 Å². The smallest absolute Gasteiger partial charge is 0.410 e. The molecule has 2 heterocycles. The van der Waals surface area contributed by atoms with Crippen LogP contribution in [0.3, 0.4) is 0 Å². The Hall–Kier alpha value is -0.965. The average molecular weight is 333 g/mol. The van der Waals surface area contributed by atoms with Crippen LogP contribution >= 0.6 is 0 Å². The van der Waals surface area contributed by atoms with Crippen molar-refractivity contribution >= 4 is 13.0 Å². The molecule has 0 spiro atoms. The Morgan fingerprint density at radius 3 is 2.46 bits per heavy atom. The monoisotopic (exact) mass is 333 g/mol. The third-order valence-electron chi connectivity index (χ3n) is 6.25. The Kier molecular flexibility index (Phi) is 4.10. The first kappa shape index (κ1) is 17.8. The molecule has 24 heavy (non-hydrogen) atoms. The molecular weight excluding hydrogens is 301 g/mol. The molecule has 0 radical (unpaired) electrons. The summed E-state index contributed by atoms with van der Waals surface area (Å²) < 4.78 is 11.9. The van der Waals surface area contributed by atoms with Crippen molar-refractivity contribution in [2.45, 2.75) is 72.4 Å². The van der Waals surface area contributed by atoms with Crippen molar-refractivity contribution in [1.29, 1.82) is 0 Å². The number of nitrogens with zero attached hydrogens (tertiary/aromatic N) is 1. The van der Waals surface area contributed by atoms with Crippen LogP contribution < -0.4 is 0 Å². The summed E-state index contributed by atoms with van der Waals surface area (Å²) in [5, 5.41) is 0. The predicted octanol–water partition coefficient (Wildman–Crippen LogP) is 4.17. The Balaban J connectivity index is 1.62. The minimum atomic E-state index is -0.426. The van der Waals surface area contributed by atoms with Gasteiger partial charge in [-0.05, 0) is 64.6 Å². The quantitative estimate of drug-likeness (QED) is 0.676. The van der Waals surface area contributed by atoms with E-state index in [-0.39, 0.29) is 24.0 Å². The summed E-state index contributed by atoms with van der Waals surface area (Å²) in [7, 11) is 0. The Labute approximate surface area is 147 Å². The lowest BCUT2D eigenvalue weighted by Crippen LogP contribution is -2.36. The molecule has 1 aliphatic carbocycles. The minimum Gasteiger partial charge on any atom is -0.444 e. The lowest BCUT2D eigenvalue weighted by atomic mass is 9.53. The molecule has 2 saturated heterocycles. The zero-order valence-electron chi connectivity index (χ0n) is 16.3. The van der Waals surface area contributed by atoms with Crippen LogP contribution in [-0.4, -0.2) is 42.2 Å². The number of hydrogen-bond donors (Lipinski definition) is 0. The van der Waals surface area contributed by atoms with Crippen molar-refractivity contribution in [3.8, 4) is 0 Å². The normalized spacial score (nSPS) is 31.2. The second-order valence-electron chi connectivity index (χ2n) is 9.96. The molecule has 134 valence electrons. The molecule has 0 N–H and O–H groups in total. The van der Waals surface area contributed by atoms with Crippen LogP contribution in [0.2, 0.25) is 6.32 Å². The van der Waals surface area contributed by atoms with E-state index >= 15 is 0 Å². The lowest BCUT2D eigenvalue weighted by molar-refractivity contribution is 0.0285. The molecule has 0 unspecified atom stereocenters. The van der Waals surface area contributed by atoms with Gasteiger partial charge in [-0.25, -0.2) is 4.79 Å². The number of likely N-dealkylation sites (tertiary alicyclic amines) is 1. The van der Waals surface area contributed by atoms with E-state index in [0.29, 0.717) is 11.8 Å². The number of carbonyl (C=O) groups is 1. The van der Waals surface area contributed by atoms with Gasteiger partial charge in [0.25, 0.3) is 0 Å². The van der Waals surface area contributed by atoms with E-state index in [1.54, 1.807) is 0 Å². The lowest BCUT2D eigenvalue weighted by Gasteiger charge is -2.34. The standard InChI is InChI=1S/C19H32BNO3/c1-17(2,3)23-16(22)21-10-13-8-15(9-14(13)11-21)20-12-18(4,5)19(6,7)24-20/h8,13-14H,9-12H2,1-7H3/t13-,14+/m0/s1. The average Bonchev–Trinajstić information content (AvgIpc) is 2.97. The number of ether oxygens (including phenoxy) is 1. The van der Waals surface area contributed by atoms with Gasteiger partial charge in [0, 0.05) is 13.1 Å². The summed E-state index contributed by atoms with van der Waals surface area (Å²) in [6.45, 7) is 16.6. The van der Waals surface area contributed by atoms with Gasteiger partial charge in [0.1, 0.15) is 5.60 Å². The first-order chi connectivity index (χ1) is 10.9. The van der Waals surface area contributed by atoms with Crippen LogP contribution in [0.1, 0.15) is 54.9 Å². The maximum Gasteiger partial charge on any atom is 0.410 e. The maximum absolute atomic E-state index is 12.3. The molecule has 2 fully saturated rings. The fourth-order valence-corrected chi connectivity index (χ4v) is 4.13. The van der Waals surface area contributed by atoms with Crippen LogP contribution in [0.4, 0.5) is 4.79 Å². The van der Waals surface area contributed by atoms with E-state index in [2.05, 4.69) is 33.8 Å². The molecule has 0 aromatic carbocycles. The van der Waals surface area contributed by atoms with Crippen LogP contribution in [-0.2, 0) is 9.39 Å². The van der Waals surface area contributed by atoms with Gasteiger partial charge >= 0.3 is 13.0 Å². The van der Waals surface area contributed by atoms with Gasteiger partial charge in [0.15, 0.2) is 0 Å². The van der Waals surface area contributed by atoms with Gasteiger partial charge in [-0.3, -0.25) is 0 Å². The molecule has 1 amide bonds. The van der Waals surface area contributed by atoms with Gasteiger partial charge in [-0.15, -0.1) is 0 Å². The van der Waals surface area contributed by atoms with E-state index in [1.165, 1.54) is 5.47 Å². The van der Waals surface area contributed by atoms with Crippen LogP contribution in [0, 0.1) is 17.3 Å². The summed E-state index contributed by atoms with van der Waals surface area (Å²) in [6, 6.07) is 0. The largest absolute Gasteiger partial charge is 0.444 e. The third kappa shape index (κ3) is 3.24. The summed E-state index contributed by atoms with van der Waals surface area (Å²) in [5.74, 6) is 0.992. The first-order valence-electron chi connectivity index (χ1n) is 9.24. The molecule has 2 aliphatic heterocycles. The maximum atomic E-state index is 12.3. The molecule has 0 aromatic rings. The van der Waals surface area contributed by atoms with Crippen molar-refractivity contribution in [1.82, 2.24) is 4.90 Å². The molecule has 2 atom stereocenters. The van der Waals surface area contributed by atoms with Gasteiger partial charge in [0.05, 0.1) is 5.60 Å². The molecule has 0 saturated carbocycles. The second kappa shape index (κ2) is 5.52. The Bertz CT molecular complexity index is 545. The van der Waals surface area contributed by atoms with Crippen molar-refractivity contribution in [3.63, 3.8) is 0 Å². The van der Waals surface area contributed by atoms with E-state index in [1.807, 2.05) is 25.7 Å². The number of amides is 1. The van der Waals surface area contributed by atoms with Gasteiger partial charge in [-0.2, -0.15) is 0 Å². The molecule has 3 rings (SSSR count). The highest BCUT2D eigenvalue weighted by atomic mass is 16.6. The van der Waals surface area contributed by atoms with Crippen LogP contribution in [0.5, 0.6) is 0 Å². The topological polar surface area (TPSA) is 38.8 Å². The van der Waals surface area contributed by atoms with Crippen molar-refractivity contribution in [2.75, 3.05) is 13.1 Å². The summed E-state index contributed by atoms with van der Waals surface area (Å²) in [5.41, 5.74) is 1.13. The Morgan fingerprint density at radius 1 is 1.29 bits per heavy atom. The predicted molar refractivity (Wildman–Crippen MR) is 97.0 cm³/mol. The van der Waals surface area contributed by atoms with E-state index < -0.39 is 5.60 Å². The highest BCUT2D eigenvalue weighted by molar-refractivity contribution is 6.61. The summed E-state index contributed by atoms with van der Waals surface area (Å²) in [4.78, 5) is 14.1. The summed E-state index contributed by atoms with van der Waals surface area (Å²) in [6.07, 6.45) is 4.35. The van der Waals surface area contributed by atoms with Crippen LogP contribution in [0.25, 0.3) is 0 Å². The van der Waals surface area contributed by atoms with Gasteiger partial charge in [0.2, 0.25) is 0 Å². The number of allylic oxidation sites excluding steroid dienone is 1. The number of rotatable bonds is 1. The van der Waals surface area contributed by atoms with E-state index in [4.69, 9.17) is 9.39 Å². The molecule has 3 aliphatic rings. The zero-order valence-corrected chi connectivity index (χ0v) is 16.3.